The third kappa shape index (κ3) is 3.91. The number of anilines is 2. The van der Waals surface area contributed by atoms with E-state index in [4.69, 9.17) is 9.47 Å². The van der Waals surface area contributed by atoms with E-state index in [9.17, 15) is 9.59 Å². The fraction of sp³-hybridized carbons (Fsp3) is 0.231. The Balaban J connectivity index is 1.79. The molecule has 0 spiro atoms. The number of benzene rings is 3. The molecule has 0 saturated carbocycles. The number of hydrogen-bond acceptors (Lipinski definition) is 4. The Kier molecular flexibility index (Phi) is 5.86. The summed E-state index contributed by atoms with van der Waals surface area (Å²) in [4.78, 5) is 30.4. The summed E-state index contributed by atoms with van der Waals surface area (Å²) in [6, 6.07) is 19.4. The average Bonchev–Trinajstić information content (AvgIpc) is 2.82. The Labute approximate surface area is 188 Å². The summed E-state index contributed by atoms with van der Waals surface area (Å²) in [5, 5.41) is 0. The number of ether oxygens (including phenoxy) is 2. The van der Waals surface area contributed by atoms with Crippen molar-refractivity contribution < 1.29 is 19.1 Å². The number of amides is 2. The Bertz CT molecular complexity index is 1140. The summed E-state index contributed by atoms with van der Waals surface area (Å²) in [5.41, 5.74) is 4.29. The monoisotopic (exact) mass is 430 g/mol. The van der Waals surface area contributed by atoms with Crippen LogP contribution < -0.4 is 19.3 Å². The maximum absolute atomic E-state index is 13.8. The SMILES string of the molecule is COc1ccc(C2C(=O)N(c3ccc(C)c(C)c3)CC(=O)N2c2ccc(OC)cc2)cc1. The van der Waals surface area contributed by atoms with Crippen LogP contribution in [0.25, 0.3) is 0 Å². The largest absolute Gasteiger partial charge is 0.497 e. The van der Waals surface area contributed by atoms with Crippen molar-refractivity contribution in [1.29, 1.82) is 0 Å². The smallest absolute Gasteiger partial charge is 0.255 e. The summed E-state index contributed by atoms with van der Waals surface area (Å²) in [6.07, 6.45) is 0. The molecule has 3 aromatic carbocycles. The second kappa shape index (κ2) is 8.75. The zero-order chi connectivity index (χ0) is 22.8. The molecular formula is C26H26N2O4. The number of aryl methyl sites for hydroxylation is 2. The van der Waals surface area contributed by atoms with Crippen LogP contribution in [0.15, 0.2) is 66.7 Å². The number of methoxy groups -OCH3 is 2. The Morgan fingerprint density at radius 1 is 0.750 bits per heavy atom. The molecule has 164 valence electrons. The van der Waals surface area contributed by atoms with E-state index in [-0.39, 0.29) is 18.4 Å². The van der Waals surface area contributed by atoms with Gasteiger partial charge >= 0.3 is 0 Å². The molecule has 0 radical (unpaired) electrons. The van der Waals surface area contributed by atoms with Gasteiger partial charge in [-0.25, -0.2) is 0 Å². The molecule has 0 bridgehead atoms. The van der Waals surface area contributed by atoms with Gasteiger partial charge in [0.15, 0.2) is 0 Å². The lowest BCUT2D eigenvalue weighted by atomic mass is 9.98. The summed E-state index contributed by atoms with van der Waals surface area (Å²) >= 11 is 0. The van der Waals surface area contributed by atoms with Crippen molar-refractivity contribution in [2.75, 3.05) is 30.6 Å². The van der Waals surface area contributed by atoms with Crippen LogP contribution in [-0.4, -0.2) is 32.6 Å². The second-order valence-corrected chi connectivity index (χ2v) is 7.83. The summed E-state index contributed by atoms with van der Waals surface area (Å²) in [6.45, 7) is 3.99. The van der Waals surface area contributed by atoms with Gasteiger partial charge in [0.05, 0.1) is 14.2 Å². The van der Waals surface area contributed by atoms with Crippen molar-refractivity contribution in [3.8, 4) is 11.5 Å². The lowest BCUT2D eigenvalue weighted by Gasteiger charge is -2.40. The van der Waals surface area contributed by atoms with Gasteiger partial charge in [-0.3, -0.25) is 14.5 Å². The van der Waals surface area contributed by atoms with E-state index >= 15 is 0 Å². The highest BCUT2D eigenvalue weighted by Crippen LogP contribution is 2.36. The molecule has 1 unspecified atom stereocenters. The quantitative estimate of drug-likeness (QED) is 0.600. The van der Waals surface area contributed by atoms with Crippen LogP contribution in [0.2, 0.25) is 0 Å². The van der Waals surface area contributed by atoms with Gasteiger partial charge in [-0.1, -0.05) is 18.2 Å². The zero-order valence-electron chi connectivity index (χ0n) is 18.7. The predicted octanol–water partition coefficient (Wildman–Crippen LogP) is 4.44. The lowest BCUT2D eigenvalue weighted by molar-refractivity contribution is -0.128. The van der Waals surface area contributed by atoms with Gasteiger partial charge in [0.25, 0.3) is 5.91 Å². The molecule has 1 fully saturated rings. The molecule has 1 heterocycles. The predicted molar refractivity (Wildman–Crippen MR) is 124 cm³/mol. The normalized spacial score (nSPS) is 16.3. The van der Waals surface area contributed by atoms with E-state index in [1.54, 1.807) is 60.4 Å². The summed E-state index contributed by atoms with van der Waals surface area (Å²) in [7, 11) is 3.18. The number of carbonyl (C=O) groups is 2. The Morgan fingerprint density at radius 2 is 1.31 bits per heavy atom. The van der Waals surface area contributed by atoms with Gasteiger partial charge in [-0.05, 0) is 79.1 Å². The molecule has 1 atom stereocenters. The average molecular weight is 431 g/mol. The molecule has 4 rings (SSSR count). The fourth-order valence-electron chi connectivity index (χ4n) is 3.92. The molecule has 1 aliphatic heterocycles. The van der Waals surface area contributed by atoms with Crippen LogP contribution in [0.5, 0.6) is 11.5 Å². The molecule has 3 aromatic rings. The van der Waals surface area contributed by atoms with Gasteiger partial charge in [-0.2, -0.15) is 0 Å². The molecule has 6 nitrogen and oxygen atoms in total. The number of nitrogens with zero attached hydrogens (tertiary/aromatic N) is 2. The number of piperazine rings is 1. The fourth-order valence-corrected chi connectivity index (χ4v) is 3.92. The number of carbonyl (C=O) groups excluding carboxylic acids is 2. The van der Waals surface area contributed by atoms with Crippen molar-refractivity contribution in [3.63, 3.8) is 0 Å². The second-order valence-electron chi connectivity index (χ2n) is 7.83. The third-order valence-electron chi connectivity index (χ3n) is 5.90. The number of rotatable bonds is 5. The van der Waals surface area contributed by atoms with Crippen LogP contribution in [0.3, 0.4) is 0 Å². The van der Waals surface area contributed by atoms with Gasteiger partial charge in [0.1, 0.15) is 24.1 Å². The van der Waals surface area contributed by atoms with E-state index in [0.717, 1.165) is 16.8 Å². The first-order chi connectivity index (χ1) is 15.4. The topological polar surface area (TPSA) is 59.1 Å². The van der Waals surface area contributed by atoms with Crippen molar-refractivity contribution in [1.82, 2.24) is 0 Å². The minimum atomic E-state index is -0.794. The van der Waals surface area contributed by atoms with Gasteiger partial charge in [0.2, 0.25) is 5.91 Å². The molecule has 1 aliphatic rings. The molecule has 0 aromatic heterocycles. The minimum Gasteiger partial charge on any atom is -0.497 e. The van der Waals surface area contributed by atoms with Crippen LogP contribution in [-0.2, 0) is 9.59 Å². The van der Waals surface area contributed by atoms with Crippen molar-refractivity contribution in [3.05, 3.63) is 83.4 Å². The molecule has 6 heteroatoms. The van der Waals surface area contributed by atoms with E-state index in [2.05, 4.69) is 0 Å². The first-order valence-corrected chi connectivity index (χ1v) is 10.4. The molecular weight excluding hydrogens is 404 g/mol. The van der Waals surface area contributed by atoms with Crippen molar-refractivity contribution in [2.24, 2.45) is 0 Å². The zero-order valence-corrected chi connectivity index (χ0v) is 18.7. The van der Waals surface area contributed by atoms with E-state index in [1.165, 1.54) is 0 Å². The minimum absolute atomic E-state index is 0.0278. The maximum Gasteiger partial charge on any atom is 0.255 e. The lowest BCUT2D eigenvalue weighted by Crippen LogP contribution is -2.56. The maximum atomic E-state index is 13.8. The van der Waals surface area contributed by atoms with Crippen LogP contribution in [0.4, 0.5) is 11.4 Å². The van der Waals surface area contributed by atoms with E-state index < -0.39 is 6.04 Å². The standard InChI is InChI=1S/C26H26N2O4/c1-17-5-8-21(15-18(17)2)27-16-24(29)28(20-9-13-23(32-4)14-10-20)25(26(27)30)19-6-11-22(31-3)12-7-19/h5-15,25H,16H2,1-4H3. The summed E-state index contributed by atoms with van der Waals surface area (Å²) in [5.74, 6) is 1.05. The highest BCUT2D eigenvalue weighted by Gasteiger charge is 2.42. The van der Waals surface area contributed by atoms with Crippen LogP contribution in [0.1, 0.15) is 22.7 Å². The van der Waals surface area contributed by atoms with E-state index in [1.807, 2.05) is 44.2 Å². The van der Waals surface area contributed by atoms with Gasteiger partial charge in [0, 0.05) is 11.4 Å². The van der Waals surface area contributed by atoms with Gasteiger partial charge in [-0.15, -0.1) is 0 Å². The summed E-state index contributed by atoms with van der Waals surface area (Å²) < 4.78 is 10.5. The van der Waals surface area contributed by atoms with E-state index in [0.29, 0.717) is 22.7 Å². The van der Waals surface area contributed by atoms with Crippen LogP contribution >= 0.6 is 0 Å². The third-order valence-corrected chi connectivity index (χ3v) is 5.90. The molecule has 0 N–H and O–H groups in total. The van der Waals surface area contributed by atoms with Gasteiger partial charge < -0.3 is 14.4 Å². The molecule has 32 heavy (non-hydrogen) atoms. The molecule has 1 saturated heterocycles. The number of hydrogen-bond donors (Lipinski definition) is 0. The molecule has 0 aliphatic carbocycles. The Hall–Kier alpha value is -3.80. The first kappa shape index (κ1) is 21.4. The highest BCUT2D eigenvalue weighted by molar-refractivity contribution is 6.14. The first-order valence-electron chi connectivity index (χ1n) is 10.4. The van der Waals surface area contributed by atoms with Crippen molar-refractivity contribution in [2.45, 2.75) is 19.9 Å². The van der Waals surface area contributed by atoms with Crippen LogP contribution in [0, 0.1) is 13.8 Å². The Morgan fingerprint density at radius 3 is 1.88 bits per heavy atom. The molecule has 2 amide bonds. The highest BCUT2D eigenvalue weighted by atomic mass is 16.5. The van der Waals surface area contributed by atoms with Crippen molar-refractivity contribution >= 4 is 23.2 Å².